The molecule has 4 heteroatoms. The normalized spacial score (nSPS) is 14.9. The summed E-state index contributed by atoms with van der Waals surface area (Å²) in [5.74, 6) is -0.507. The van der Waals surface area contributed by atoms with Gasteiger partial charge in [0.15, 0.2) is 0 Å². The second-order valence-corrected chi connectivity index (χ2v) is 3.70. The summed E-state index contributed by atoms with van der Waals surface area (Å²) in [6, 6.07) is 7.00. The third kappa shape index (κ3) is 1.74. The average Bonchev–Trinajstić information content (AvgIpc) is 2.55. The van der Waals surface area contributed by atoms with E-state index in [-0.39, 0.29) is 0 Å². The Balaban J connectivity index is 2.30. The molecule has 1 amide bonds. The fourth-order valence-corrected chi connectivity index (χ4v) is 1.80. The molecule has 3 nitrogen and oxygen atoms in total. The van der Waals surface area contributed by atoms with Crippen LogP contribution in [0.4, 0.5) is 5.69 Å². The third-order valence-corrected chi connectivity index (χ3v) is 2.60. The highest BCUT2D eigenvalue weighted by molar-refractivity contribution is 6.52. The number of amides is 1. The Hall–Kier alpha value is -1.61. The van der Waals surface area contributed by atoms with Gasteiger partial charge in [-0.15, -0.1) is 11.6 Å². The second kappa shape index (κ2) is 4.49. The molecular formula is C12H10ClNO2. The number of nitrogens with zero attached hydrogens (tertiary/aromatic N) is 1. The van der Waals surface area contributed by atoms with Gasteiger partial charge in [0.05, 0.1) is 11.3 Å². The SMILES string of the molecule is O=C1C(=O)N(C/C=C/CCl)c2ccccc21. The van der Waals surface area contributed by atoms with Crippen LogP contribution in [-0.2, 0) is 4.79 Å². The Morgan fingerprint density at radius 1 is 1.19 bits per heavy atom. The predicted octanol–water partition coefficient (Wildman–Crippen LogP) is 2.01. The molecule has 1 aliphatic rings. The molecule has 82 valence electrons. The number of carbonyl (C=O) groups excluding carboxylic acids is 2. The fourth-order valence-electron chi connectivity index (χ4n) is 1.67. The number of anilines is 1. The maximum atomic E-state index is 11.7. The zero-order chi connectivity index (χ0) is 11.5. The largest absolute Gasteiger partial charge is 0.301 e. The van der Waals surface area contributed by atoms with Crippen molar-refractivity contribution in [3.05, 3.63) is 42.0 Å². The number of Topliss-reactive ketones (excluding diaryl/α,β-unsaturated/α-hetero) is 1. The van der Waals surface area contributed by atoms with Crippen LogP contribution in [0.5, 0.6) is 0 Å². The standard InChI is InChI=1S/C12H10ClNO2/c13-7-3-4-8-14-10-6-2-1-5-9(10)11(15)12(14)16/h1-6H,7-8H2/b4-3+. The molecule has 1 aliphatic heterocycles. The lowest BCUT2D eigenvalue weighted by molar-refractivity contribution is -0.114. The van der Waals surface area contributed by atoms with Crippen molar-refractivity contribution in [2.24, 2.45) is 0 Å². The van der Waals surface area contributed by atoms with Crippen LogP contribution in [0, 0.1) is 0 Å². The predicted molar refractivity (Wildman–Crippen MR) is 63.0 cm³/mol. The second-order valence-electron chi connectivity index (χ2n) is 3.39. The number of hydrogen-bond donors (Lipinski definition) is 0. The number of halogens is 1. The van der Waals surface area contributed by atoms with E-state index in [0.29, 0.717) is 23.7 Å². The summed E-state index contributed by atoms with van der Waals surface area (Å²) in [6.45, 7) is 0.383. The van der Waals surface area contributed by atoms with Crippen LogP contribution in [0.15, 0.2) is 36.4 Å². The molecule has 1 heterocycles. The Morgan fingerprint density at radius 3 is 2.69 bits per heavy atom. The molecule has 0 saturated heterocycles. The van der Waals surface area contributed by atoms with Crippen LogP contribution in [0.25, 0.3) is 0 Å². The number of allylic oxidation sites excluding steroid dienone is 1. The van der Waals surface area contributed by atoms with Crippen molar-refractivity contribution in [2.45, 2.75) is 0 Å². The van der Waals surface area contributed by atoms with Gasteiger partial charge in [-0.2, -0.15) is 0 Å². The minimum absolute atomic E-state index is 0.383. The van der Waals surface area contributed by atoms with Crippen molar-refractivity contribution in [3.8, 4) is 0 Å². The summed E-state index contributed by atoms with van der Waals surface area (Å²) < 4.78 is 0. The van der Waals surface area contributed by atoms with Crippen molar-refractivity contribution >= 4 is 29.0 Å². The molecule has 1 aromatic rings. The molecule has 1 aromatic carbocycles. The maximum absolute atomic E-state index is 11.7. The van der Waals surface area contributed by atoms with E-state index in [1.165, 1.54) is 4.90 Å². The molecular weight excluding hydrogens is 226 g/mol. The highest BCUT2D eigenvalue weighted by Gasteiger charge is 2.34. The van der Waals surface area contributed by atoms with E-state index in [1.807, 2.05) is 6.07 Å². The lowest BCUT2D eigenvalue weighted by Crippen LogP contribution is -2.29. The number of benzene rings is 1. The Bertz CT molecular complexity index is 468. The average molecular weight is 236 g/mol. The number of carbonyl (C=O) groups is 2. The van der Waals surface area contributed by atoms with Gasteiger partial charge in [0, 0.05) is 12.4 Å². The van der Waals surface area contributed by atoms with Crippen molar-refractivity contribution < 1.29 is 9.59 Å². The zero-order valence-corrected chi connectivity index (χ0v) is 9.28. The molecule has 0 radical (unpaired) electrons. The molecule has 0 bridgehead atoms. The number of para-hydroxylation sites is 1. The summed E-state index contributed by atoms with van der Waals surface area (Å²) in [7, 11) is 0. The number of hydrogen-bond acceptors (Lipinski definition) is 2. The van der Waals surface area contributed by atoms with Gasteiger partial charge in [-0.05, 0) is 12.1 Å². The molecule has 0 saturated carbocycles. The van der Waals surface area contributed by atoms with Crippen molar-refractivity contribution in [3.63, 3.8) is 0 Å². The number of alkyl halides is 1. The van der Waals surface area contributed by atoms with Gasteiger partial charge in [-0.1, -0.05) is 24.3 Å². The third-order valence-electron chi connectivity index (χ3n) is 2.42. The van der Waals surface area contributed by atoms with E-state index in [0.717, 1.165) is 0 Å². The first-order valence-corrected chi connectivity index (χ1v) is 5.45. The van der Waals surface area contributed by atoms with Gasteiger partial charge >= 0.3 is 0 Å². The van der Waals surface area contributed by atoms with Gasteiger partial charge in [-0.25, -0.2) is 0 Å². The van der Waals surface area contributed by atoms with E-state index in [1.54, 1.807) is 30.4 Å². The molecule has 0 unspecified atom stereocenters. The lowest BCUT2D eigenvalue weighted by Gasteiger charge is -2.13. The summed E-state index contributed by atoms with van der Waals surface area (Å²) in [5, 5.41) is 0. The van der Waals surface area contributed by atoms with Crippen molar-refractivity contribution in [1.82, 2.24) is 0 Å². The van der Waals surface area contributed by atoms with E-state index in [4.69, 9.17) is 11.6 Å². The molecule has 0 atom stereocenters. The van der Waals surface area contributed by atoms with Crippen LogP contribution in [0.2, 0.25) is 0 Å². The number of ketones is 1. The highest BCUT2D eigenvalue weighted by atomic mass is 35.5. The van der Waals surface area contributed by atoms with E-state index in [2.05, 4.69) is 0 Å². The minimum Gasteiger partial charge on any atom is -0.301 e. The van der Waals surface area contributed by atoms with Crippen LogP contribution in [0.1, 0.15) is 10.4 Å². The zero-order valence-electron chi connectivity index (χ0n) is 8.52. The summed E-state index contributed by atoms with van der Waals surface area (Å²) >= 11 is 5.50. The van der Waals surface area contributed by atoms with Gasteiger partial charge in [0.25, 0.3) is 11.7 Å². The monoisotopic (exact) mass is 235 g/mol. The molecule has 0 spiro atoms. The quantitative estimate of drug-likeness (QED) is 0.457. The van der Waals surface area contributed by atoms with Crippen LogP contribution in [0.3, 0.4) is 0 Å². The van der Waals surface area contributed by atoms with Gasteiger partial charge in [0.2, 0.25) is 0 Å². The molecule has 2 rings (SSSR count). The first-order valence-electron chi connectivity index (χ1n) is 4.92. The summed E-state index contributed by atoms with van der Waals surface area (Å²) in [6.07, 6.45) is 3.53. The number of rotatable bonds is 3. The topological polar surface area (TPSA) is 37.4 Å². The summed E-state index contributed by atoms with van der Waals surface area (Å²) in [4.78, 5) is 24.7. The Labute approximate surface area is 98.3 Å². The molecule has 0 aliphatic carbocycles. The fraction of sp³-hybridized carbons (Fsp3) is 0.167. The smallest absolute Gasteiger partial charge is 0.299 e. The molecule has 0 N–H and O–H groups in total. The summed E-state index contributed by atoms with van der Waals surface area (Å²) in [5.41, 5.74) is 1.16. The van der Waals surface area contributed by atoms with E-state index < -0.39 is 11.7 Å². The van der Waals surface area contributed by atoms with Gasteiger partial charge in [-0.3, -0.25) is 9.59 Å². The van der Waals surface area contributed by atoms with Crippen molar-refractivity contribution in [1.29, 1.82) is 0 Å². The van der Waals surface area contributed by atoms with Crippen LogP contribution in [-0.4, -0.2) is 24.1 Å². The lowest BCUT2D eigenvalue weighted by atomic mass is 10.1. The molecule has 16 heavy (non-hydrogen) atoms. The van der Waals surface area contributed by atoms with Gasteiger partial charge in [0.1, 0.15) is 0 Å². The minimum atomic E-state index is -0.472. The van der Waals surface area contributed by atoms with Gasteiger partial charge < -0.3 is 4.90 Å². The maximum Gasteiger partial charge on any atom is 0.299 e. The highest BCUT2D eigenvalue weighted by Crippen LogP contribution is 2.27. The Morgan fingerprint density at radius 2 is 1.94 bits per heavy atom. The van der Waals surface area contributed by atoms with E-state index >= 15 is 0 Å². The number of fused-ring (bicyclic) bond motifs is 1. The van der Waals surface area contributed by atoms with Crippen molar-refractivity contribution in [2.75, 3.05) is 17.3 Å². The first-order chi connectivity index (χ1) is 7.75. The Kier molecular flexibility index (Phi) is 3.06. The molecule has 0 fully saturated rings. The van der Waals surface area contributed by atoms with Crippen LogP contribution < -0.4 is 4.90 Å². The van der Waals surface area contributed by atoms with E-state index in [9.17, 15) is 9.59 Å². The molecule has 0 aromatic heterocycles. The first kappa shape index (κ1) is 10.9. The van der Waals surface area contributed by atoms with Crippen LogP contribution >= 0.6 is 11.6 Å².